The Morgan fingerprint density at radius 3 is 2.89 bits per heavy atom. The monoisotopic (exact) mass is 368 g/mol. The summed E-state index contributed by atoms with van der Waals surface area (Å²) in [6.45, 7) is 5.71. The highest BCUT2D eigenvalue weighted by Gasteiger charge is 2.32. The van der Waals surface area contributed by atoms with Gasteiger partial charge in [0.05, 0.1) is 37.0 Å². The van der Waals surface area contributed by atoms with Gasteiger partial charge in [0.1, 0.15) is 0 Å². The molecule has 0 N–H and O–H groups in total. The lowest BCUT2D eigenvalue weighted by Crippen LogP contribution is -2.42. The van der Waals surface area contributed by atoms with Crippen LogP contribution in [-0.2, 0) is 29.0 Å². The predicted octanol–water partition coefficient (Wildman–Crippen LogP) is 1.78. The van der Waals surface area contributed by atoms with Gasteiger partial charge >= 0.3 is 0 Å². The van der Waals surface area contributed by atoms with Crippen LogP contribution in [-0.4, -0.2) is 65.4 Å². The SMILES string of the molecule is COCCN1CC[C@@H](C(=O)N2CCn3nc(Cc4ccccc4)cc3C2)C1. The molecule has 27 heavy (non-hydrogen) atoms. The first-order chi connectivity index (χ1) is 13.2. The zero-order valence-electron chi connectivity index (χ0n) is 16.0. The van der Waals surface area contributed by atoms with Crippen molar-refractivity contribution in [3.63, 3.8) is 0 Å². The summed E-state index contributed by atoms with van der Waals surface area (Å²) >= 11 is 0. The van der Waals surface area contributed by atoms with Gasteiger partial charge in [-0.2, -0.15) is 5.10 Å². The van der Waals surface area contributed by atoms with E-state index in [1.807, 2.05) is 11.0 Å². The maximum Gasteiger partial charge on any atom is 0.227 e. The number of fused-ring (bicyclic) bond motifs is 1. The molecule has 2 aliphatic heterocycles. The Bertz CT molecular complexity index is 774. The summed E-state index contributed by atoms with van der Waals surface area (Å²) in [6, 6.07) is 12.6. The first-order valence-electron chi connectivity index (χ1n) is 9.82. The molecule has 1 amide bonds. The first-order valence-corrected chi connectivity index (χ1v) is 9.82. The molecule has 3 heterocycles. The Balaban J connectivity index is 1.36. The quantitative estimate of drug-likeness (QED) is 0.780. The minimum absolute atomic E-state index is 0.125. The second-order valence-electron chi connectivity index (χ2n) is 7.55. The lowest BCUT2D eigenvalue weighted by Gasteiger charge is -2.30. The molecule has 0 spiro atoms. The number of amides is 1. The van der Waals surface area contributed by atoms with Crippen LogP contribution >= 0.6 is 0 Å². The van der Waals surface area contributed by atoms with Gasteiger partial charge in [-0.05, 0) is 24.6 Å². The lowest BCUT2D eigenvalue weighted by atomic mass is 10.1. The number of methoxy groups -OCH3 is 1. The Morgan fingerprint density at radius 2 is 2.07 bits per heavy atom. The second kappa shape index (κ2) is 8.23. The van der Waals surface area contributed by atoms with E-state index in [4.69, 9.17) is 9.84 Å². The molecule has 0 saturated carbocycles. The van der Waals surface area contributed by atoms with Gasteiger partial charge in [-0.1, -0.05) is 30.3 Å². The van der Waals surface area contributed by atoms with Gasteiger partial charge in [0.25, 0.3) is 0 Å². The molecule has 6 nitrogen and oxygen atoms in total. The van der Waals surface area contributed by atoms with Gasteiger partial charge in [-0.3, -0.25) is 9.48 Å². The van der Waals surface area contributed by atoms with Crippen LogP contribution in [0.25, 0.3) is 0 Å². The van der Waals surface area contributed by atoms with Crippen LogP contribution < -0.4 is 0 Å². The third-order valence-corrected chi connectivity index (χ3v) is 5.62. The summed E-state index contributed by atoms with van der Waals surface area (Å²) in [5.41, 5.74) is 3.50. The van der Waals surface area contributed by atoms with Crippen LogP contribution in [0.2, 0.25) is 0 Å². The van der Waals surface area contributed by atoms with Crippen molar-refractivity contribution >= 4 is 5.91 Å². The number of rotatable bonds is 6. The molecule has 144 valence electrons. The van der Waals surface area contributed by atoms with Crippen LogP contribution in [0.4, 0.5) is 0 Å². The number of aromatic nitrogens is 2. The zero-order valence-corrected chi connectivity index (χ0v) is 16.0. The van der Waals surface area contributed by atoms with Crippen molar-refractivity contribution in [3.05, 3.63) is 53.3 Å². The van der Waals surface area contributed by atoms with Crippen LogP contribution in [0.5, 0.6) is 0 Å². The van der Waals surface area contributed by atoms with Gasteiger partial charge in [-0.25, -0.2) is 0 Å². The number of nitrogens with zero attached hydrogens (tertiary/aromatic N) is 4. The summed E-state index contributed by atoms with van der Waals surface area (Å²) in [5, 5.41) is 4.74. The second-order valence-corrected chi connectivity index (χ2v) is 7.55. The highest BCUT2D eigenvalue weighted by molar-refractivity contribution is 5.79. The van der Waals surface area contributed by atoms with Crippen molar-refractivity contribution in [2.75, 3.05) is 39.9 Å². The maximum absolute atomic E-state index is 13.0. The topological polar surface area (TPSA) is 50.6 Å². The van der Waals surface area contributed by atoms with Gasteiger partial charge in [0, 0.05) is 33.2 Å². The summed E-state index contributed by atoms with van der Waals surface area (Å²) in [7, 11) is 1.72. The number of carbonyl (C=O) groups excluding carboxylic acids is 1. The molecule has 4 rings (SSSR count). The smallest absolute Gasteiger partial charge is 0.227 e. The Kier molecular flexibility index (Phi) is 5.55. The molecule has 2 aromatic rings. The standard InChI is InChI=1S/C21H28N4O2/c1-27-12-11-23-8-7-18(15-23)21(26)24-9-10-25-20(16-24)14-19(22-25)13-17-5-3-2-4-6-17/h2-6,14,18H,7-13,15-16H2,1H3/t18-/m1/s1. The van der Waals surface area contributed by atoms with E-state index in [1.165, 1.54) is 5.56 Å². The van der Waals surface area contributed by atoms with Crippen LogP contribution in [0.3, 0.4) is 0 Å². The fourth-order valence-electron chi connectivity index (χ4n) is 4.12. The molecular weight excluding hydrogens is 340 g/mol. The number of hydrogen-bond donors (Lipinski definition) is 0. The molecule has 1 fully saturated rings. The van der Waals surface area contributed by atoms with E-state index in [0.717, 1.165) is 63.6 Å². The van der Waals surface area contributed by atoms with Gasteiger partial charge in [0.15, 0.2) is 0 Å². The number of ether oxygens (including phenoxy) is 1. The average molecular weight is 368 g/mol. The van der Waals surface area contributed by atoms with Crippen molar-refractivity contribution in [1.82, 2.24) is 19.6 Å². The third kappa shape index (κ3) is 4.22. The third-order valence-electron chi connectivity index (χ3n) is 5.62. The first kappa shape index (κ1) is 18.2. The molecule has 1 aromatic carbocycles. The summed E-state index contributed by atoms with van der Waals surface area (Å²) in [5.74, 6) is 0.423. The van der Waals surface area contributed by atoms with E-state index in [9.17, 15) is 4.79 Å². The largest absolute Gasteiger partial charge is 0.383 e. The van der Waals surface area contributed by atoms with E-state index < -0.39 is 0 Å². The van der Waals surface area contributed by atoms with Crippen molar-refractivity contribution in [3.8, 4) is 0 Å². The summed E-state index contributed by atoms with van der Waals surface area (Å²) in [6.07, 6.45) is 1.80. The molecule has 0 radical (unpaired) electrons. The van der Waals surface area contributed by atoms with E-state index in [0.29, 0.717) is 12.5 Å². The van der Waals surface area contributed by atoms with Crippen molar-refractivity contribution in [2.45, 2.75) is 25.9 Å². The minimum Gasteiger partial charge on any atom is -0.383 e. The van der Waals surface area contributed by atoms with Gasteiger partial charge in [-0.15, -0.1) is 0 Å². The van der Waals surface area contributed by atoms with Crippen molar-refractivity contribution in [2.24, 2.45) is 5.92 Å². The number of likely N-dealkylation sites (tertiary alicyclic amines) is 1. The number of benzene rings is 1. The van der Waals surface area contributed by atoms with Gasteiger partial charge in [0.2, 0.25) is 5.91 Å². The lowest BCUT2D eigenvalue weighted by molar-refractivity contribution is -0.136. The normalized spacial score (nSPS) is 20.0. The maximum atomic E-state index is 13.0. The van der Waals surface area contributed by atoms with E-state index in [-0.39, 0.29) is 5.92 Å². The Labute approximate surface area is 160 Å². The molecule has 6 heteroatoms. The van der Waals surface area contributed by atoms with Crippen LogP contribution in [0, 0.1) is 5.92 Å². The highest BCUT2D eigenvalue weighted by atomic mass is 16.5. The van der Waals surface area contributed by atoms with Crippen molar-refractivity contribution in [1.29, 1.82) is 0 Å². The molecule has 1 atom stereocenters. The number of hydrogen-bond acceptors (Lipinski definition) is 4. The van der Waals surface area contributed by atoms with Gasteiger partial charge < -0.3 is 14.5 Å². The van der Waals surface area contributed by atoms with E-state index >= 15 is 0 Å². The van der Waals surface area contributed by atoms with Crippen LogP contribution in [0.15, 0.2) is 36.4 Å². The zero-order chi connectivity index (χ0) is 18.6. The Morgan fingerprint density at radius 1 is 1.22 bits per heavy atom. The Hall–Kier alpha value is -2.18. The van der Waals surface area contributed by atoms with E-state index in [1.54, 1.807) is 7.11 Å². The highest BCUT2D eigenvalue weighted by Crippen LogP contribution is 2.22. The molecule has 0 aliphatic carbocycles. The van der Waals surface area contributed by atoms with Crippen molar-refractivity contribution < 1.29 is 9.53 Å². The summed E-state index contributed by atoms with van der Waals surface area (Å²) in [4.78, 5) is 17.3. The fraction of sp³-hybridized carbons (Fsp3) is 0.524. The van der Waals surface area contributed by atoms with E-state index in [2.05, 4.69) is 39.9 Å². The molecule has 2 aliphatic rings. The molecule has 0 bridgehead atoms. The number of carbonyl (C=O) groups is 1. The molecular formula is C21H28N4O2. The predicted molar refractivity (Wildman–Crippen MR) is 103 cm³/mol. The molecule has 1 aromatic heterocycles. The molecule has 0 unspecified atom stereocenters. The average Bonchev–Trinajstić information content (AvgIpc) is 3.32. The summed E-state index contributed by atoms with van der Waals surface area (Å²) < 4.78 is 7.22. The minimum atomic E-state index is 0.125. The van der Waals surface area contributed by atoms with Crippen LogP contribution in [0.1, 0.15) is 23.4 Å². The fourth-order valence-corrected chi connectivity index (χ4v) is 4.12. The molecule has 1 saturated heterocycles.